The molecule has 106 valence electrons. The van der Waals surface area contributed by atoms with Gasteiger partial charge < -0.3 is 10.1 Å². The Bertz CT molecular complexity index is 543. The summed E-state index contributed by atoms with van der Waals surface area (Å²) in [4.78, 5) is 8.59. The number of nitrogens with zero attached hydrogens (tertiary/aromatic N) is 2. The van der Waals surface area contributed by atoms with Gasteiger partial charge in [0.1, 0.15) is 5.75 Å². The van der Waals surface area contributed by atoms with Gasteiger partial charge in [0.2, 0.25) is 0 Å². The first-order chi connectivity index (χ1) is 9.76. The highest BCUT2D eigenvalue weighted by molar-refractivity contribution is 5.39. The number of nitrogens with one attached hydrogen (secondary N) is 1. The zero-order chi connectivity index (χ0) is 14.4. The van der Waals surface area contributed by atoms with Crippen molar-refractivity contribution < 1.29 is 4.74 Å². The highest BCUT2D eigenvalue weighted by Crippen LogP contribution is 2.26. The minimum Gasteiger partial charge on any atom is -0.496 e. The first kappa shape index (κ1) is 14.5. The molecular formula is C16H21N3O. The molecule has 4 heteroatoms. The molecule has 0 bridgehead atoms. The molecule has 0 spiro atoms. The largest absolute Gasteiger partial charge is 0.496 e. The van der Waals surface area contributed by atoms with Gasteiger partial charge in [0, 0.05) is 12.4 Å². The maximum absolute atomic E-state index is 5.41. The van der Waals surface area contributed by atoms with Gasteiger partial charge in [0.15, 0.2) is 0 Å². The second kappa shape index (κ2) is 7.01. The summed E-state index contributed by atoms with van der Waals surface area (Å²) in [6, 6.07) is 6.29. The molecule has 1 aromatic carbocycles. The molecule has 0 aliphatic heterocycles. The zero-order valence-corrected chi connectivity index (χ0v) is 12.3. The Balaban J connectivity index is 2.36. The van der Waals surface area contributed by atoms with E-state index in [0.717, 1.165) is 35.5 Å². The van der Waals surface area contributed by atoms with Crippen LogP contribution in [-0.2, 0) is 0 Å². The SMILES string of the molecule is CCCNC(c1ccc(C)c(OC)c1)c1cnccn1. The fourth-order valence-electron chi connectivity index (χ4n) is 2.16. The van der Waals surface area contributed by atoms with Crippen LogP contribution in [0.2, 0.25) is 0 Å². The van der Waals surface area contributed by atoms with Crippen LogP contribution in [0, 0.1) is 6.92 Å². The molecule has 2 rings (SSSR count). The summed E-state index contributed by atoms with van der Waals surface area (Å²) in [7, 11) is 1.70. The summed E-state index contributed by atoms with van der Waals surface area (Å²) in [5.74, 6) is 0.898. The van der Waals surface area contributed by atoms with Crippen molar-refractivity contribution in [2.24, 2.45) is 0 Å². The minimum absolute atomic E-state index is 0.0400. The molecule has 0 aliphatic carbocycles. The Kier molecular flexibility index (Phi) is 5.07. The zero-order valence-electron chi connectivity index (χ0n) is 12.3. The van der Waals surface area contributed by atoms with Crippen LogP contribution in [-0.4, -0.2) is 23.6 Å². The van der Waals surface area contributed by atoms with E-state index in [1.54, 1.807) is 25.7 Å². The van der Waals surface area contributed by atoms with Crippen LogP contribution in [0.25, 0.3) is 0 Å². The van der Waals surface area contributed by atoms with Crippen LogP contribution in [0.5, 0.6) is 5.75 Å². The number of hydrogen-bond acceptors (Lipinski definition) is 4. The van der Waals surface area contributed by atoms with Gasteiger partial charge >= 0.3 is 0 Å². The molecular weight excluding hydrogens is 250 g/mol. The molecule has 0 fully saturated rings. The Morgan fingerprint density at radius 3 is 2.80 bits per heavy atom. The van der Waals surface area contributed by atoms with Crippen LogP contribution in [0.3, 0.4) is 0 Å². The summed E-state index contributed by atoms with van der Waals surface area (Å²) >= 11 is 0. The van der Waals surface area contributed by atoms with Gasteiger partial charge in [0.25, 0.3) is 0 Å². The molecule has 0 amide bonds. The quantitative estimate of drug-likeness (QED) is 0.877. The predicted molar refractivity (Wildman–Crippen MR) is 79.9 cm³/mol. The van der Waals surface area contributed by atoms with E-state index in [-0.39, 0.29) is 6.04 Å². The number of ether oxygens (including phenoxy) is 1. The minimum atomic E-state index is 0.0400. The van der Waals surface area contributed by atoms with E-state index in [2.05, 4.69) is 40.4 Å². The van der Waals surface area contributed by atoms with Crippen molar-refractivity contribution in [2.45, 2.75) is 26.3 Å². The summed E-state index contributed by atoms with van der Waals surface area (Å²) in [6.07, 6.45) is 6.29. The fourth-order valence-corrected chi connectivity index (χ4v) is 2.16. The number of aryl methyl sites for hydroxylation is 1. The maximum atomic E-state index is 5.41. The highest BCUT2D eigenvalue weighted by atomic mass is 16.5. The molecule has 20 heavy (non-hydrogen) atoms. The molecule has 1 atom stereocenters. The van der Waals surface area contributed by atoms with E-state index in [1.807, 2.05) is 6.92 Å². The van der Waals surface area contributed by atoms with Crippen molar-refractivity contribution >= 4 is 0 Å². The second-order valence-corrected chi connectivity index (χ2v) is 4.75. The molecule has 1 N–H and O–H groups in total. The molecule has 1 unspecified atom stereocenters. The standard InChI is InChI=1S/C16H21N3O/c1-4-7-19-16(14-11-17-8-9-18-14)13-6-5-12(2)15(10-13)20-3/h5-6,8-11,16,19H,4,7H2,1-3H3. The van der Waals surface area contributed by atoms with Crippen molar-refractivity contribution in [1.29, 1.82) is 0 Å². The van der Waals surface area contributed by atoms with Gasteiger partial charge in [-0.15, -0.1) is 0 Å². The van der Waals surface area contributed by atoms with Gasteiger partial charge in [-0.2, -0.15) is 0 Å². The number of aromatic nitrogens is 2. The molecule has 1 aromatic heterocycles. The van der Waals surface area contributed by atoms with E-state index in [9.17, 15) is 0 Å². The van der Waals surface area contributed by atoms with Gasteiger partial charge in [0.05, 0.1) is 25.0 Å². The van der Waals surface area contributed by atoms with Crippen molar-refractivity contribution in [3.63, 3.8) is 0 Å². The van der Waals surface area contributed by atoms with Gasteiger partial charge in [-0.05, 0) is 37.1 Å². The first-order valence-corrected chi connectivity index (χ1v) is 6.90. The second-order valence-electron chi connectivity index (χ2n) is 4.75. The first-order valence-electron chi connectivity index (χ1n) is 6.90. The van der Waals surface area contributed by atoms with Crippen molar-refractivity contribution in [3.8, 4) is 5.75 Å². The van der Waals surface area contributed by atoms with Gasteiger partial charge in [-0.25, -0.2) is 0 Å². The Hall–Kier alpha value is -1.94. The lowest BCUT2D eigenvalue weighted by atomic mass is 10.0. The molecule has 0 aliphatic rings. The maximum Gasteiger partial charge on any atom is 0.122 e. The lowest BCUT2D eigenvalue weighted by Crippen LogP contribution is -2.24. The van der Waals surface area contributed by atoms with Gasteiger partial charge in [-0.1, -0.05) is 19.1 Å². The van der Waals surface area contributed by atoms with E-state index in [0.29, 0.717) is 0 Å². The van der Waals surface area contributed by atoms with Crippen LogP contribution >= 0.6 is 0 Å². The molecule has 0 saturated heterocycles. The number of hydrogen-bond donors (Lipinski definition) is 1. The highest BCUT2D eigenvalue weighted by Gasteiger charge is 2.16. The van der Waals surface area contributed by atoms with Crippen molar-refractivity contribution in [1.82, 2.24) is 15.3 Å². The van der Waals surface area contributed by atoms with Crippen molar-refractivity contribution in [2.75, 3.05) is 13.7 Å². The number of methoxy groups -OCH3 is 1. The average Bonchev–Trinajstić information content (AvgIpc) is 2.50. The molecule has 1 heterocycles. The normalized spacial score (nSPS) is 12.2. The van der Waals surface area contributed by atoms with Crippen LogP contribution in [0.1, 0.15) is 36.2 Å². The number of rotatable bonds is 6. The van der Waals surface area contributed by atoms with E-state index >= 15 is 0 Å². The van der Waals surface area contributed by atoms with E-state index < -0.39 is 0 Å². The fraction of sp³-hybridized carbons (Fsp3) is 0.375. The lowest BCUT2D eigenvalue weighted by Gasteiger charge is -2.19. The molecule has 0 saturated carbocycles. The Labute approximate surface area is 120 Å². The monoisotopic (exact) mass is 271 g/mol. The summed E-state index contributed by atoms with van der Waals surface area (Å²) in [6.45, 7) is 5.12. The van der Waals surface area contributed by atoms with Gasteiger partial charge in [-0.3, -0.25) is 9.97 Å². The third-order valence-electron chi connectivity index (χ3n) is 3.24. The summed E-state index contributed by atoms with van der Waals surface area (Å²) < 4.78 is 5.41. The van der Waals surface area contributed by atoms with Crippen LogP contribution in [0.15, 0.2) is 36.8 Å². The number of benzene rings is 1. The Morgan fingerprint density at radius 1 is 1.30 bits per heavy atom. The van der Waals surface area contributed by atoms with E-state index in [1.165, 1.54) is 0 Å². The smallest absolute Gasteiger partial charge is 0.122 e. The van der Waals surface area contributed by atoms with Crippen LogP contribution < -0.4 is 10.1 Å². The Morgan fingerprint density at radius 2 is 2.15 bits per heavy atom. The summed E-state index contributed by atoms with van der Waals surface area (Å²) in [5, 5.41) is 3.51. The summed E-state index contributed by atoms with van der Waals surface area (Å²) in [5.41, 5.74) is 3.19. The lowest BCUT2D eigenvalue weighted by molar-refractivity contribution is 0.410. The van der Waals surface area contributed by atoms with Crippen LogP contribution in [0.4, 0.5) is 0 Å². The molecule has 0 radical (unpaired) electrons. The predicted octanol–water partition coefficient (Wildman–Crippen LogP) is 2.88. The average molecular weight is 271 g/mol. The van der Waals surface area contributed by atoms with Crippen molar-refractivity contribution in [3.05, 3.63) is 53.6 Å². The topological polar surface area (TPSA) is 47.0 Å². The molecule has 4 nitrogen and oxygen atoms in total. The third kappa shape index (κ3) is 3.33. The third-order valence-corrected chi connectivity index (χ3v) is 3.24. The van der Waals surface area contributed by atoms with E-state index in [4.69, 9.17) is 4.74 Å². The molecule has 2 aromatic rings.